The Balaban J connectivity index is 1.81. The third-order valence-corrected chi connectivity index (χ3v) is 5.73. The van der Waals surface area contributed by atoms with Crippen molar-refractivity contribution in [1.29, 1.82) is 0 Å². The average molecular weight is 535 g/mol. The van der Waals surface area contributed by atoms with Gasteiger partial charge in [0.15, 0.2) is 0 Å². The maximum Gasteiger partial charge on any atom is 0.282 e. The summed E-state index contributed by atoms with van der Waals surface area (Å²) >= 11 is 3.40. The van der Waals surface area contributed by atoms with E-state index in [0.717, 1.165) is 10.0 Å². The lowest BCUT2D eigenvalue weighted by Crippen LogP contribution is -2.29. The Kier molecular flexibility index (Phi) is 6.79. The second-order valence-corrected chi connectivity index (χ2v) is 9.88. The Labute approximate surface area is 210 Å². The molecule has 0 fully saturated rings. The van der Waals surface area contributed by atoms with E-state index in [1.54, 1.807) is 12.1 Å². The first-order chi connectivity index (χ1) is 16.6. The number of fused-ring (bicyclic) bond motifs is 1. The van der Waals surface area contributed by atoms with Gasteiger partial charge >= 0.3 is 0 Å². The van der Waals surface area contributed by atoms with Crippen LogP contribution in [0.1, 0.15) is 37.7 Å². The standard InChI is InChI=1S/C26H23BrN4O4/c1-26(2,3)25-29-22-11-9-19(27)14-21(22)24(32)30(25)28-15-18-13-20(31(33)34)10-12-23(18)35-16-17-7-5-4-6-8-17/h4-15H,16H2,1-3H3. The number of ether oxygens (including phenoxy) is 1. The van der Waals surface area contributed by atoms with E-state index in [0.29, 0.717) is 28.0 Å². The maximum atomic E-state index is 13.4. The fraction of sp³-hybridized carbons (Fsp3) is 0.192. The highest BCUT2D eigenvalue weighted by atomic mass is 79.9. The van der Waals surface area contributed by atoms with Gasteiger partial charge in [-0.2, -0.15) is 9.78 Å². The predicted molar refractivity (Wildman–Crippen MR) is 139 cm³/mol. The highest BCUT2D eigenvalue weighted by Crippen LogP contribution is 2.25. The van der Waals surface area contributed by atoms with E-state index in [9.17, 15) is 14.9 Å². The van der Waals surface area contributed by atoms with Crippen LogP contribution in [0.15, 0.2) is 81.1 Å². The van der Waals surface area contributed by atoms with Gasteiger partial charge in [0.05, 0.1) is 22.0 Å². The molecule has 4 aromatic rings. The second kappa shape index (κ2) is 9.79. The first-order valence-electron chi connectivity index (χ1n) is 10.9. The van der Waals surface area contributed by atoms with Gasteiger partial charge in [-0.3, -0.25) is 14.9 Å². The highest BCUT2D eigenvalue weighted by Gasteiger charge is 2.23. The zero-order valence-electron chi connectivity index (χ0n) is 19.4. The lowest BCUT2D eigenvalue weighted by atomic mass is 9.95. The van der Waals surface area contributed by atoms with Gasteiger partial charge in [-0.15, -0.1) is 0 Å². The number of nitro groups is 1. The summed E-state index contributed by atoms with van der Waals surface area (Å²) in [5.74, 6) is 0.871. The number of hydrogen-bond donors (Lipinski definition) is 0. The van der Waals surface area contributed by atoms with Crippen molar-refractivity contribution >= 4 is 38.7 Å². The first-order valence-corrected chi connectivity index (χ1v) is 11.6. The molecule has 0 saturated carbocycles. The molecule has 3 aromatic carbocycles. The minimum Gasteiger partial charge on any atom is -0.488 e. The van der Waals surface area contributed by atoms with Crippen molar-refractivity contribution < 1.29 is 9.66 Å². The molecule has 178 valence electrons. The van der Waals surface area contributed by atoms with Crippen LogP contribution in [0, 0.1) is 10.1 Å². The minimum absolute atomic E-state index is 0.109. The molecule has 9 heteroatoms. The van der Waals surface area contributed by atoms with Gasteiger partial charge in [0.25, 0.3) is 11.2 Å². The minimum atomic E-state index is -0.493. The van der Waals surface area contributed by atoms with Crippen LogP contribution in [0.25, 0.3) is 10.9 Å². The largest absolute Gasteiger partial charge is 0.488 e. The number of nitrogens with zero attached hydrogens (tertiary/aromatic N) is 4. The molecule has 0 radical (unpaired) electrons. The van der Waals surface area contributed by atoms with Crippen LogP contribution in [-0.4, -0.2) is 20.8 Å². The number of halogens is 1. The molecule has 0 amide bonds. The molecule has 0 aliphatic heterocycles. The molecule has 0 aliphatic carbocycles. The van der Waals surface area contributed by atoms with E-state index in [1.807, 2.05) is 57.2 Å². The van der Waals surface area contributed by atoms with Crippen molar-refractivity contribution in [3.8, 4) is 5.75 Å². The number of rotatable bonds is 6. The molecule has 0 spiro atoms. The van der Waals surface area contributed by atoms with Crippen molar-refractivity contribution in [2.45, 2.75) is 32.8 Å². The monoisotopic (exact) mass is 534 g/mol. The number of hydrogen-bond acceptors (Lipinski definition) is 6. The Morgan fingerprint density at radius 3 is 2.54 bits per heavy atom. The van der Waals surface area contributed by atoms with Gasteiger partial charge < -0.3 is 4.74 Å². The molecule has 0 bridgehead atoms. The summed E-state index contributed by atoms with van der Waals surface area (Å²) in [6.07, 6.45) is 1.40. The zero-order valence-corrected chi connectivity index (χ0v) is 21.0. The van der Waals surface area contributed by atoms with E-state index in [4.69, 9.17) is 9.72 Å². The van der Waals surface area contributed by atoms with Crippen molar-refractivity contribution in [3.05, 3.63) is 109 Å². The van der Waals surface area contributed by atoms with Crippen LogP contribution in [0.3, 0.4) is 0 Å². The average Bonchev–Trinajstić information content (AvgIpc) is 2.82. The predicted octanol–water partition coefficient (Wildman–Crippen LogP) is 5.83. The number of non-ortho nitro benzene ring substituents is 1. The van der Waals surface area contributed by atoms with Crippen LogP contribution < -0.4 is 10.3 Å². The molecule has 35 heavy (non-hydrogen) atoms. The molecular weight excluding hydrogens is 512 g/mol. The highest BCUT2D eigenvalue weighted by molar-refractivity contribution is 9.10. The summed E-state index contributed by atoms with van der Waals surface area (Å²) in [7, 11) is 0. The molecule has 0 saturated heterocycles. The smallest absolute Gasteiger partial charge is 0.282 e. The van der Waals surface area contributed by atoms with Crippen molar-refractivity contribution in [3.63, 3.8) is 0 Å². The molecule has 8 nitrogen and oxygen atoms in total. The fourth-order valence-corrected chi connectivity index (χ4v) is 3.84. The molecular formula is C26H23BrN4O4. The van der Waals surface area contributed by atoms with Gasteiger partial charge in [-0.25, -0.2) is 4.98 Å². The van der Waals surface area contributed by atoms with Crippen LogP contribution in [-0.2, 0) is 12.0 Å². The number of aromatic nitrogens is 2. The van der Waals surface area contributed by atoms with E-state index >= 15 is 0 Å². The summed E-state index contributed by atoms with van der Waals surface area (Å²) in [5.41, 5.74) is 0.946. The van der Waals surface area contributed by atoms with Gasteiger partial charge in [0.1, 0.15) is 18.2 Å². The van der Waals surface area contributed by atoms with Crippen LogP contribution >= 0.6 is 15.9 Å². The Hall–Kier alpha value is -3.85. The summed E-state index contributed by atoms with van der Waals surface area (Å²) in [5, 5.41) is 16.2. The quantitative estimate of drug-likeness (QED) is 0.176. The lowest BCUT2D eigenvalue weighted by Gasteiger charge is -2.21. The Morgan fingerprint density at radius 1 is 1.11 bits per heavy atom. The first kappa shape index (κ1) is 24.3. The zero-order chi connectivity index (χ0) is 25.2. The van der Waals surface area contributed by atoms with Gasteiger partial charge in [0.2, 0.25) is 0 Å². The van der Waals surface area contributed by atoms with Crippen molar-refractivity contribution in [2.24, 2.45) is 5.10 Å². The van der Waals surface area contributed by atoms with Crippen LogP contribution in [0.4, 0.5) is 5.69 Å². The molecule has 1 heterocycles. The van der Waals surface area contributed by atoms with Crippen molar-refractivity contribution in [1.82, 2.24) is 9.66 Å². The van der Waals surface area contributed by atoms with Crippen molar-refractivity contribution in [2.75, 3.05) is 0 Å². The van der Waals surface area contributed by atoms with E-state index < -0.39 is 10.3 Å². The van der Waals surface area contributed by atoms with Crippen LogP contribution in [0.2, 0.25) is 0 Å². The molecule has 0 aliphatic rings. The molecule has 1 aromatic heterocycles. The van der Waals surface area contributed by atoms with Gasteiger partial charge in [-0.05, 0) is 29.8 Å². The SMILES string of the molecule is CC(C)(C)c1nc2ccc(Br)cc2c(=O)n1N=Cc1cc([N+](=O)[O-])ccc1OCc1ccccc1. The maximum absolute atomic E-state index is 13.4. The topological polar surface area (TPSA) is 99.6 Å². The summed E-state index contributed by atoms with van der Waals surface area (Å²) in [4.78, 5) is 29.0. The third-order valence-electron chi connectivity index (χ3n) is 5.23. The van der Waals surface area contributed by atoms with E-state index in [-0.39, 0.29) is 17.9 Å². The normalized spacial score (nSPS) is 11.8. The fourth-order valence-electron chi connectivity index (χ4n) is 3.48. The van der Waals surface area contributed by atoms with Crippen LogP contribution in [0.5, 0.6) is 5.75 Å². The number of benzene rings is 3. The molecule has 0 unspecified atom stereocenters. The van der Waals surface area contributed by atoms with Gasteiger partial charge in [-0.1, -0.05) is 67.0 Å². The summed E-state index contributed by atoms with van der Waals surface area (Å²) in [6, 6.07) is 19.2. The summed E-state index contributed by atoms with van der Waals surface area (Å²) < 4.78 is 7.93. The molecule has 0 N–H and O–H groups in total. The second-order valence-electron chi connectivity index (χ2n) is 8.96. The van der Waals surface area contributed by atoms with E-state index in [1.165, 1.54) is 29.1 Å². The van der Waals surface area contributed by atoms with Gasteiger partial charge in [0, 0.05) is 27.6 Å². The third kappa shape index (κ3) is 5.46. The number of nitro benzene ring substituents is 1. The van der Waals surface area contributed by atoms with E-state index in [2.05, 4.69) is 21.0 Å². The molecule has 4 rings (SSSR count). The lowest BCUT2D eigenvalue weighted by molar-refractivity contribution is -0.384. The Morgan fingerprint density at radius 2 is 1.86 bits per heavy atom. The molecule has 0 atom stereocenters. The Bertz CT molecular complexity index is 1490. The summed E-state index contributed by atoms with van der Waals surface area (Å²) in [6.45, 7) is 6.09.